The van der Waals surface area contributed by atoms with E-state index in [4.69, 9.17) is 9.47 Å². The van der Waals surface area contributed by atoms with Crippen LogP contribution in [-0.2, 0) is 10.0 Å². The lowest BCUT2D eigenvalue weighted by Crippen LogP contribution is -2.30. The lowest BCUT2D eigenvalue weighted by atomic mass is 9.99. The molecule has 0 aromatic heterocycles. The van der Waals surface area contributed by atoms with E-state index in [0.717, 1.165) is 5.56 Å². The molecule has 5 nitrogen and oxygen atoms in total. The highest BCUT2D eigenvalue weighted by Gasteiger charge is 2.35. The van der Waals surface area contributed by atoms with Crippen LogP contribution in [0.15, 0.2) is 59.5 Å². The first-order valence-corrected chi connectivity index (χ1v) is 10.0. The van der Waals surface area contributed by atoms with E-state index in [1.165, 1.54) is 44.6 Å². The van der Waals surface area contributed by atoms with Crippen molar-refractivity contribution in [2.45, 2.75) is 30.5 Å². The van der Waals surface area contributed by atoms with Gasteiger partial charge in [0.15, 0.2) is 0 Å². The van der Waals surface area contributed by atoms with E-state index in [-0.39, 0.29) is 16.2 Å². The molecule has 0 heterocycles. The average molecular weight is 429 g/mol. The molecule has 2 aromatic rings. The molecule has 0 saturated heterocycles. The fourth-order valence-corrected chi connectivity index (χ4v) is 3.87. The van der Waals surface area contributed by atoms with E-state index >= 15 is 0 Å². The van der Waals surface area contributed by atoms with E-state index in [1.807, 2.05) is 0 Å². The van der Waals surface area contributed by atoms with E-state index in [0.29, 0.717) is 5.75 Å². The zero-order valence-electron chi connectivity index (χ0n) is 16.2. The SMILES string of the molecule is C=C(C[C@H](NS(=O)(=O)c1ccc(C)cc1)c1ccc(OC)cc1OC)C(F)(F)F. The van der Waals surface area contributed by atoms with Gasteiger partial charge in [0.25, 0.3) is 0 Å². The van der Waals surface area contributed by atoms with E-state index in [1.54, 1.807) is 19.1 Å². The van der Waals surface area contributed by atoms with Crippen LogP contribution in [0.25, 0.3) is 0 Å². The van der Waals surface area contributed by atoms with Gasteiger partial charge in [-0.15, -0.1) is 0 Å². The summed E-state index contributed by atoms with van der Waals surface area (Å²) >= 11 is 0. The van der Waals surface area contributed by atoms with Crippen molar-refractivity contribution >= 4 is 10.0 Å². The minimum Gasteiger partial charge on any atom is -0.497 e. The third-order valence-electron chi connectivity index (χ3n) is 4.30. The second kappa shape index (κ2) is 8.87. The lowest BCUT2D eigenvalue weighted by molar-refractivity contribution is -0.0942. The molecule has 29 heavy (non-hydrogen) atoms. The first-order chi connectivity index (χ1) is 13.5. The van der Waals surface area contributed by atoms with Crippen molar-refractivity contribution in [2.75, 3.05) is 14.2 Å². The monoisotopic (exact) mass is 429 g/mol. The Morgan fingerprint density at radius 3 is 2.24 bits per heavy atom. The molecule has 0 aliphatic carbocycles. The third-order valence-corrected chi connectivity index (χ3v) is 5.78. The number of aryl methyl sites for hydroxylation is 1. The number of methoxy groups -OCH3 is 2. The Kier molecular flexibility index (Phi) is 6.97. The fourth-order valence-electron chi connectivity index (χ4n) is 2.66. The van der Waals surface area contributed by atoms with Gasteiger partial charge in [-0.25, -0.2) is 13.1 Å². The molecule has 9 heteroatoms. The second-order valence-electron chi connectivity index (χ2n) is 6.40. The molecule has 0 bridgehead atoms. The number of halogens is 3. The van der Waals surface area contributed by atoms with Crippen molar-refractivity contribution in [2.24, 2.45) is 0 Å². The molecular formula is C20H22F3NO4S. The number of alkyl halides is 3. The van der Waals surface area contributed by atoms with Crippen LogP contribution in [0.2, 0.25) is 0 Å². The summed E-state index contributed by atoms with van der Waals surface area (Å²) in [4.78, 5) is -0.0572. The van der Waals surface area contributed by atoms with Gasteiger partial charge >= 0.3 is 6.18 Å². The summed E-state index contributed by atoms with van der Waals surface area (Å²) < 4.78 is 77.6. The largest absolute Gasteiger partial charge is 0.497 e. The summed E-state index contributed by atoms with van der Waals surface area (Å²) in [7, 11) is -1.34. The zero-order chi connectivity index (χ0) is 21.8. The summed E-state index contributed by atoms with van der Waals surface area (Å²) in [6.45, 7) is 4.86. The molecule has 1 N–H and O–H groups in total. The third kappa shape index (κ3) is 5.74. The number of ether oxygens (including phenoxy) is 2. The van der Waals surface area contributed by atoms with Gasteiger partial charge in [-0.2, -0.15) is 13.2 Å². The predicted octanol–water partition coefficient (Wildman–Crippen LogP) is 4.54. The summed E-state index contributed by atoms with van der Waals surface area (Å²) in [5.74, 6) is 0.608. The summed E-state index contributed by atoms with van der Waals surface area (Å²) in [5.41, 5.74) is 0.0177. The standard InChI is InChI=1S/C20H22F3NO4S/c1-13-5-8-16(9-6-13)29(25,26)24-18(11-14(2)20(21,22)23)17-10-7-15(27-3)12-19(17)28-4/h5-10,12,18,24H,2,11H2,1,3-4H3/t18-/m0/s1. The highest BCUT2D eigenvalue weighted by atomic mass is 32.2. The Balaban J connectivity index is 2.48. The molecule has 0 saturated carbocycles. The zero-order valence-corrected chi connectivity index (χ0v) is 17.0. The molecule has 0 fully saturated rings. The minimum atomic E-state index is -4.66. The van der Waals surface area contributed by atoms with Gasteiger partial charge in [-0.1, -0.05) is 30.3 Å². The van der Waals surface area contributed by atoms with Crippen molar-refractivity contribution in [1.29, 1.82) is 0 Å². The first kappa shape index (κ1) is 22.8. The van der Waals surface area contributed by atoms with Gasteiger partial charge in [-0.3, -0.25) is 0 Å². The quantitative estimate of drug-likeness (QED) is 0.626. The van der Waals surface area contributed by atoms with Crippen molar-refractivity contribution in [1.82, 2.24) is 4.72 Å². The molecule has 0 amide bonds. The summed E-state index contributed by atoms with van der Waals surface area (Å²) in [6.07, 6.45) is -5.34. The Morgan fingerprint density at radius 2 is 1.72 bits per heavy atom. The van der Waals surface area contributed by atoms with Crippen molar-refractivity contribution in [3.8, 4) is 11.5 Å². The Morgan fingerprint density at radius 1 is 1.10 bits per heavy atom. The number of hydrogen-bond donors (Lipinski definition) is 1. The van der Waals surface area contributed by atoms with Crippen LogP contribution in [0, 0.1) is 6.92 Å². The molecule has 0 aliphatic rings. The van der Waals surface area contributed by atoms with Crippen LogP contribution in [0.4, 0.5) is 13.2 Å². The molecule has 0 radical (unpaired) electrons. The average Bonchev–Trinajstić information content (AvgIpc) is 2.66. The molecule has 0 aliphatic heterocycles. The number of sulfonamides is 1. The van der Waals surface area contributed by atoms with Crippen LogP contribution in [-0.4, -0.2) is 28.8 Å². The maximum Gasteiger partial charge on any atom is 0.412 e. The Hall–Kier alpha value is -2.52. The number of benzene rings is 2. The molecule has 0 spiro atoms. The molecule has 2 aromatic carbocycles. The maximum absolute atomic E-state index is 13.1. The Bertz CT molecular complexity index is 970. The normalized spacial score (nSPS) is 13.0. The van der Waals surface area contributed by atoms with E-state index < -0.39 is 34.2 Å². The number of hydrogen-bond acceptors (Lipinski definition) is 4. The molecule has 0 unspecified atom stereocenters. The number of rotatable bonds is 8. The van der Waals surface area contributed by atoms with Crippen LogP contribution in [0.5, 0.6) is 11.5 Å². The van der Waals surface area contributed by atoms with Crippen LogP contribution in [0.3, 0.4) is 0 Å². The highest BCUT2D eigenvalue weighted by Crippen LogP contribution is 2.37. The van der Waals surface area contributed by atoms with E-state index in [2.05, 4.69) is 11.3 Å². The summed E-state index contributed by atoms with van der Waals surface area (Å²) in [5, 5.41) is 0. The fraction of sp³-hybridized carbons (Fsp3) is 0.300. The van der Waals surface area contributed by atoms with Gasteiger partial charge < -0.3 is 9.47 Å². The summed E-state index contributed by atoms with van der Waals surface area (Å²) in [6, 6.07) is 9.18. The molecular weight excluding hydrogens is 407 g/mol. The topological polar surface area (TPSA) is 64.6 Å². The van der Waals surface area contributed by atoms with Crippen molar-refractivity contribution in [3.63, 3.8) is 0 Å². The van der Waals surface area contributed by atoms with Gasteiger partial charge in [-0.05, 0) is 31.5 Å². The van der Waals surface area contributed by atoms with Gasteiger partial charge in [0.05, 0.1) is 25.2 Å². The molecule has 2 rings (SSSR count). The first-order valence-electron chi connectivity index (χ1n) is 8.54. The minimum absolute atomic E-state index is 0.0572. The van der Waals surface area contributed by atoms with Crippen molar-refractivity contribution < 1.29 is 31.1 Å². The van der Waals surface area contributed by atoms with Gasteiger partial charge in [0.1, 0.15) is 11.5 Å². The molecule has 1 atom stereocenters. The van der Waals surface area contributed by atoms with Gasteiger partial charge in [0.2, 0.25) is 10.0 Å². The number of nitrogens with one attached hydrogen (secondary N) is 1. The predicted molar refractivity (Wildman–Crippen MR) is 104 cm³/mol. The van der Waals surface area contributed by atoms with Crippen LogP contribution >= 0.6 is 0 Å². The Labute approximate surface area is 168 Å². The van der Waals surface area contributed by atoms with Crippen LogP contribution in [0.1, 0.15) is 23.6 Å². The smallest absolute Gasteiger partial charge is 0.412 e. The lowest BCUT2D eigenvalue weighted by Gasteiger charge is -2.23. The van der Waals surface area contributed by atoms with Crippen molar-refractivity contribution in [3.05, 3.63) is 65.7 Å². The second-order valence-corrected chi connectivity index (χ2v) is 8.11. The molecule has 158 valence electrons. The maximum atomic E-state index is 13.1. The van der Waals surface area contributed by atoms with Crippen LogP contribution < -0.4 is 14.2 Å². The highest BCUT2D eigenvalue weighted by molar-refractivity contribution is 7.89. The van der Waals surface area contributed by atoms with E-state index in [9.17, 15) is 21.6 Å². The van der Waals surface area contributed by atoms with Gasteiger partial charge in [0, 0.05) is 17.2 Å².